The first-order valence-electron chi connectivity index (χ1n) is 11.7. The molecular weight excluding hydrogens is 532 g/mol. The molecule has 1 fully saturated rings. The van der Waals surface area contributed by atoms with E-state index in [-0.39, 0.29) is 23.0 Å². The van der Waals surface area contributed by atoms with Crippen LogP contribution in [0.2, 0.25) is 0 Å². The second-order valence-electron chi connectivity index (χ2n) is 8.88. The van der Waals surface area contributed by atoms with Crippen LogP contribution in [-0.2, 0) is 23.9 Å². The maximum absolute atomic E-state index is 12.6. The Balaban J connectivity index is 1.78. The van der Waals surface area contributed by atoms with Gasteiger partial charge in [0.25, 0.3) is 0 Å². The topological polar surface area (TPSA) is 210 Å². The Labute approximate surface area is 227 Å². The highest BCUT2D eigenvalue weighted by Gasteiger charge is 2.52. The summed E-state index contributed by atoms with van der Waals surface area (Å²) in [6.45, 7) is 0. The van der Waals surface area contributed by atoms with Gasteiger partial charge in [0.15, 0.2) is 34.7 Å². The van der Waals surface area contributed by atoms with E-state index >= 15 is 0 Å². The second kappa shape index (κ2) is 12.4. The summed E-state index contributed by atoms with van der Waals surface area (Å²) >= 11 is 0. The van der Waals surface area contributed by atoms with Crippen molar-refractivity contribution in [1.29, 1.82) is 0 Å². The lowest BCUT2D eigenvalue weighted by atomic mass is 9.79. The fraction of sp³-hybridized carbons (Fsp3) is 0.296. The van der Waals surface area contributed by atoms with Gasteiger partial charge in [0.2, 0.25) is 5.75 Å². The first kappa shape index (κ1) is 29.8. The van der Waals surface area contributed by atoms with Crippen LogP contribution in [0, 0.1) is 0 Å². The molecule has 0 radical (unpaired) electrons. The zero-order valence-corrected chi connectivity index (χ0v) is 21.4. The van der Waals surface area contributed by atoms with Crippen molar-refractivity contribution < 1.29 is 64.0 Å². The molecule has 4 unspecified atom stereocenters. The van der Waals surface area contributed by atoms with Crippen LogP contribution >= 0.6 is 0 Å². The molecule has 3 rings (SSSR count). The summed E-state index contributed by atoms with van der Waals surface area (Å²) < 4.78 is 20.7. The average Bonchev–Trinajstić information content (AvgIpc) is 2.90. The number of phenols is 3. The number of aromatic hydroxyl groups is 3. The molecule has 13 nitrogen and oxygen atoms in total. The molecular formula is C27H28O13. The molecule has 214 valence electrons. The lowest BCUT2D eigenvalue weighted by molar-refractivity contribution is -0.204. The van der Waals surface area contributed by atoms with Crippen molar-refractivity contribution in [1.82, 2.24) is 0 Å². The van der Waals surface area contributed by atoms with Crippen LogP contribution in [0.1, 0.15) is 24.0 Å². The number of rotatable bonds is 9. The van der Waals surface area contributed by atoms with E-state index in [2.05, 4.69) is 0 Å². The van der Waals surface area contributed by atoms with Crippen molar-refractivity contribution in [2.75, 3.05) is 14.2 Å². The molecule has 4 atom stereocenters. The number of esters is 2. The number of ether oxygens (including phenoxy) is 4. The summed E-state index contributed by atoms with van der Waals surface area (Å²) in [6, 6.07) is 6.58. The Hall–Kier alpha value is -4.75. The van der Waals surface area contributed by atoms with E-state index in [0.29, 0.717) is 11.1 Å². The van der Waals surface area contributed by atoms with Crippen molar-refractivity contribution >= 4 is 30.1 Å². The van der Waals surface area contributed by atoms with Crippen molar-refractivity contribution in [3.05, 3.63) is 53.6 Å². The molecule has 2 aromatic rings. The Morgan fingerprint density at radius 2 is 1.43 bits per heavy atom. The number of carboxylic acid groups (broad SMARTS) is 1. The number of phenolic OH excluding ortho intramolecular Hbond substituents is 3. The minimum Gasteiger partial charge on any atom is -0.504 e. The van der Waals surface area contributed by atoms with Gasteiger partial charge in [-0.3, -0.25) is 0 Å². The molecule has 0 amide bonds. The zero-order chi connectivity index (χ0) is 29.6. The van der Waals surface area contributed by atoms with Gasteiger partial charge in [-0.2, -0.15) is 0 Å². The third-order valence-corrected chi connectivity index (χ3v) is 6.07. The fourth-order valence-electron chi connectivity index (χ4n) is 4.02. The summed E-state index contributed by atoms with van der Waals surface area (Å²) in [5.41, 5.74) is -1.77. The third kappa shape index (κ3) is 7.01. The number of carbonyl (C=O) groups is 3. The summed E-state index contributed by atoms with van der Waals surface area (Å²) in [7, 11) is 2.65. The van der Waals surface area contributed by atoms with Crippen molar-refractivity contribution in [2.24, 2.45) is 0 Å². The van der Waals surface area contributed by atoms with Crippen molar-refractivity contribution in [3.63, 3.8) is 0 Å². The van der Waals surface area contributed by atoms with Crippen LogP contribution in [0.15, 0.2) is 42.5 Å². The number of aliphatic hydroxyl groups excluding tert-OH is 1. The number of benzene rings is 2. The smallest absolute Gasteiger partial charge is 0.335 e. The third-order valence-electron chi connectivity index (χ3n) is 6.07. The molecule has 1 saturated carbocycles. The SMILES string of the molecule is COc1cc(C=CC(=O)OC2C(O)CC(O)(C(=O)O)CC2OC(=O)C=Cc2ccc(O)c(O)c2)cc(OC)c1O. The molecule has 2 aromatic carbocycles. The van der Waals surface area contributed by atoms with Gasteiger partial charge in [0.1, 0.15) is 6.10 Å². The predicted octanol–water partition coefficient (Wildman–Crippen LogP) is 1.34. The zero-order valence-electron chi connectivity index (χ0n) is 21.4. The number of carboxylic acids is 1. The number of methoxy groups -OCH3 is 2. The molecule has 0 spiro atoms. The monoisotopic (exact) mass is 560 g/mol. The standard InChI is InChI=1S/C27H28O13/c1-37-19-10-15(11-20(38-2)24(19)33)5-8-23(32)40-25-18(30)12-27(36,26(34)35)13-21(25)39-22(31)7-4-14-3-6-16(28)17(29)9-14/h3-11,18,21,25,28-30,33,36H,12-13H2,1-2H3,(H,34,35). The van der Waals surface area contributed by atoms with Gasteiger partial charge in [0.05, 0.1) is 20.3 Å². The highest BCUT2D eigenvalue weighted by atomic mass is 16.6. The normalized spacial score (nSPS) is 22.6. The van der Waals surface area contributed by atoms with E-state index in [1.807, 2.05) is 0 Å². The van der Waals surface area contributed by atoms with Gasteiger partial charge >= 0.3 is 17.9 Å². The largest absolute Gasteiger partial charge is 0.504 e. The molecule has 0 bridgehead atoms. The Bertz CT molecular complexity index is 1310. The number of aliphatic hydroxyl groups is 2. The molecule has 1 aliphatic rings. The van der Waals surface area contributed by atoms with Gasteiger partial charge in [-0.1, -0.05) is 6.07 Å². The van der Waals surface area contributed by atoms with E-state index in [4.69, 9.17) is 18.9 Å². The Kier molecular flexibility index (Phi) is 9.24. The quantitative estimate of drug-likeness (QED) is 0.145. The van der Waals surface area contributed by atoms with Crippen molar-refractivity contribution in [3.8, 4) is 28.7 Å². The van der Waals surface area contributed by atoms with E-state index in [9.17, 15) is 45.0 Å². The number of carbonyl (C=O) groups excluding carboxylic acids is 2. The van der Waals surface area contributed by atoms with Crippen LogP contribution in [0.4, 0.5) is 0 Å². The number of aliphatic carboxylic acids is 1. The van der Waals surface area contributed by atoms with Gasteiger partial charge in [0, 0.05) is 25.0 Å². The summed E-state index contributed by atoms with van der Waals surface area (Å²) in [5, 5.41) is 59.5. The van der Waals surface area contributed by atoms with Gasteiger partial charge in [-0.15, -0.1) is 0 Å². The van der Waals surface area contributed by atoms with Crippen LogP contribution in [0.25, 0.3) is 12.2 Å². The summed E-state index contributed by atoms with van der Waals surface area (Å²) in [5.74, 6) is -4.58. The first-order chi connectivity index (χ1) is 18.9. The molecule has 0 saturated heterocycles. The first-order valence-corrected chi connectivity index (χ1v) is 11.7. The molecule has 0 aromatic heterocycles. The maximum atomic E-state index is 12.6. The van der Waals surface area contributed by atoms with Gasteiger partial charge in [-0.25, -0.2) is 14.4 Å². The van der Waals surface area contributed by atoms with E-state index in [1.54, 1.807) is 0 Å². The minimum atomic E-state index is -2.46. The van der Waals surface area contributed by atoms with Crippen molar-refractivity contribution in [2.45, 2.75) is 36.8 Å². The summed E-state index contributed by atoms with van der Waals surface area (Å²) in [6.07, 6.45) is -1.75. The molecule has 13 heteroatoms. The van der Waals surface area contributed by atoms with Crippen LogP contribution in [0.3, 0.4) is 0 Å². The van der Waals surface area contributed by atoms with Gasteiger partial charge in [-0.05, 0) is 47.5 Å². The summed E-state index contributed by atoms with van der Waals surface area (Å²) in [4.78, 5) is 36.7. The van der Waals surface area contributed by atoms with Crippen LogP contribution in [-0.4, -0.2) is 86.7 Å². The lowest BCUT2D eigenvalue weighted by Crippen LogP contribution is -2.58. The highest BCUT2D eigenvalue weighted by Crippen LogP contribution is 2.37. The molecule has 40 heavy (non-hydrogen) atoms. The number of hydrogen-bond donors (Lipinski definition) is 6. The van der Waals surface area contributed by atoms with E-state index in [0.717, 1.165) is 12.2 Å². The number of hydrogen-bond acceptors (Lipinski definition) is 12. The Morgan fingerprint density at radius 1 is 0.850 bits per heavy atom. The predicted molar refractivity (Wildman–Crippen MR) is 137 cm³/mol. The maximum Gasteiger partial charge on any atom is 0.335 e. The molecule has 0 aliphatic heterocycles. The van der Waals surface area contributed by atoms with Gasteiger partial charge < -0.3 is 49.6 Å². The molecule has 1 aliphatic carbocycles. The van der Waals surface area contributed by atoms with Crippen LogP contribution in [0.5, 0.6) is 28.7 Å². The lowest BCUT2D eigenvalue weighted by Gasteiger charge is -2.40. The Morgan fingerprint density at radius 3 is 1.98 bits per heavy atom. The van der Waals surface area contributed by atoms with E-state index < -0.39 is 60.4 Å². The van der Waals surface area contributed by atoms with E-state index in [1.165, 1.54) is 56.7 Å². The minimum absolute atomic E-state index is 0.0746. The second-order valence-corrected chi connectivity index (χ2v) is 8.88. The molecule has 6 N–H and O–H groups in total. The van der Waals surface area contributed by atoms with Crippen LogP contribution < -0.4 is 9.47 Å². The average molecular weight is 561 g/mol. The molecule has 0 heterocycles. The highest BCUT2D eigenvalue weighted by molar-refractivity contribution is 5.88. The fourth-order valence-corrected chi connectivity index (χ4v) is 4.02.